The maximum Gasteiger partial charge on any atom is 0.472 e. The number of aliphatic hydroxyl groups is 1. The van der Waals surface area contributed by atoms with Crippen molar-refractivity contribution in [2.24, 2.45) is 5.92 Å². The number of hydrogen-bond donors (Lipinski definition) is 3. The number of rotatable bonds is 75. The predicted molar refractivity (Wildman–Crippen MR) is 382 cm³/mol. The topological polar surface area (TPSA) is 237 Å². The zero-order valence-corrected chi connectivity index (χ0v) is 62.9. The number of carbonyl (C=O) groups excluding carboxylic acids is 4. The van der Waals surface area contributed by atoms with Gasteiger partial charge in [0.1, 0.15) is 19.3 Å². The van der Waals surface area contributed by atoms with Crippen LogP contribution in [0.4, 0.5) is 0 Å². The standard InChI is InChI=1S/C75H146O17P2/c1-6-9-12-15-17-19-21-23-24-25-26-27-28-29-30-32-38-42-46-51-56-61-75(80)92-71(65-86-73(78)59-54-49-44-40-36-34-33-35-39-43-48-52-57-68(4)5)67-90-94(83,84)88-63-69(76)62-87-93(81,82)89-66-70(64-85-72(77)58-53-47-14-11-8-3)91-74(79)60-55-50-45-41-37-31-22-20-18-16-13-10-7-2/h68-71,76H,6-67H2,1-5H3,(H,81,82)(H,83,84)/t69-,70+,71+/m0/s1. The summed E-state index contributed by atoms with van der Waals surface area (Å²) in [6, 6.07) is 0. The van der Waals surface area contributed by atoms with Crippen LogP contribution in [0.1, 0.15) is 394 Å². The van der Waals surface area contributed by atoms with Gasteiger partial charge < -0.3 is 33.8 Å². The fourth-order valence-electron chi connectivity index (χ4n) is 11.5. The van der Waals surface area contributed by atoms with E-state index in [9.17, 15) is 43.2 Å². The molecule has 0 heterocycles. The molecule has 0 aliphatic heterocycles. The van der Waals surface area contributed by atoms with Crippen LogP contribution in [0.3, 0.4) is 0 Å². The lowest BCUT2D eigenvalue weighted by molar-refractivity contribution is -0.161. The molecule has 0 aliphatic carbocycles. The molecule has 0 bridgehead atoms. The van der Waals surface area contributed by atoms with Gasteiger partial charge in [0.05, 0.1) is 26.4 Å². The Morgan fingerprint density at radius 1 is 0.287 bits per heavy atom. The molecule has 2 unspecified atom stereocenters. The Morgan fingerprint density at radius 2 is 0.489 bits per heavy atom. The Hall–Kier alpha value is -1.94. The lowest BCUT2D eigenvalue weighted by atomic mass is 10.0. The van der Waals surface area contributed by atoms with Crippen molar-refractivity contribution in [1.29, 1.82) is 0 Å². The molecule has 0 saturated carbocycles. The highest BCUT2D eigenvalue weighted by Gasteiger charge is 2.30. The molecule has 0 amide bonds. The van der Waals surface area contributed by atoms with E-state index in [1.54, 1.807) is 0 Å². The van der Waals surface area contributed by atoms with Gasteiger partial charge in [0.25, 0.3) is 0 Å². The molecule has 0 aromatic heterocycles. The molecule has 94 heavy (non-hydrogen) atoms. The first kappa shape index (κ1) is 92.1. The molecule has 0 fully saturated rings. The maximum absolute atomic E-state index is 13.1. The number of esters is 4. The summed E-state index contributed by atoms with van der Waals surface area (Å²) in [5.74, 6) is -1.34. The van der Waals surface area contributed by atoms with Crippen LogP contribution in [0.2, 0.25) is 0 Å². The summed E-state index contributed by atoms with van der Waals surface area (Å²) in [5, 5.41) is 10.6. The minimum absolute atomic E-state index is 0.107. The zero-order chi connectivity index (χ0) is 69.1. The Morgan fingerprint density at radius 3 is 0.723 bits per heavy atom. The van der Waals surface area contributed by atoms with E-state index in [0.29, 0.717) is 25.7 Å². The van der Waals surface area contributed by atoms with Gasteiger partial charge in [-0.15, -0.1) is 0 Å². The number of phosphoric acid groups is 2. The van der Waals surface area contributed by atoms with Crippen molar-refractivity contribution in [2.75, 3.05) is 39.6 Å². The lowest BCUT2D eigenvalue weighted by Crippen LogP contribution is -2.30. The molecule has 3 N–H and O–H groups in total. The van der Waals surface area contributed by atoms with Gasteiger partial charge in [-0.25, -0.2) is 9.13 Å². The normalized spacial score (nSPS) is 14.0. The van der Waals surface area contributed by atoms with Crippen molar-refractivity contribution >= 4 is 39.5 Å². The largest absolute Gasteiger partial charge is 0.472 e. The fraction of sp³-hybridized carbons (Fsp3) is 0.947. The highest BCUT2D eigenvalue weighted by molar-refractivity contribution is 7.47. The first-order valence-electron chi connectivity index (χ1n) is 39.1. The van der Waals surface area contributed by atoms with Crippen LogP contribution in [-0.4, -0.2) is 96.7 Å². The lowest BCUT2D eigenvalue weighted by Gasteiger charge is -2.21. The molecular weight excluding hydrogens is 1230 g/mol. The SMILES string of the molecule is CCCCCCCCCCCCCCCCCCCCCCCC(=O)O[C@H](COC(=O)CCCCCCCCCCCCCCC(C)C)COP(=O)(O)OC[C@@H](O)COP(=O)(O)OC[C@@H](COC(=O)CCCCCCC)OC(=O)CCCCCCCCCCCCCCC. The van der Waals surface area contributed by atoms with Crippen molar-refractivity contribution in [2.45, 2.75) is 412 Å². The highest BCUT2D eigenvalue weighted by atomic mass is 31.2. The van der Waals surface area contributed by atoms with Crippen LogP contribution in [0, 0.1) is 5.92 Å². The smallest absolute Gasteiger partial charge is 0.462 e. The molecule has 558 valence electrons. The summed E-state index contributed by atoms with van der Waals surface area (Å²) in [6.45, 7) is 7.21. The summed E-state index contributed by atoms with van der Waals surface area (Å²) in [4.78, 5) is 72.5. The molecule has 0 spiro atoms. The predicted octanol–water partition coefficient (Wildman–Crippen LogP) is 22.1. The quantitative estimate of drug-likeness (QED) is 0.0222. The summed E-state index contributed by atoms with van der Waals surface area (Å²) in [6.07, 6.45) is 57.3. The van der Waals surface area contributed by atoms with Crippen LogP contribution in [0.15, 0.2) is 0 Å². The second-order valence-electron chi connectivity index (χ2n) is 27.5. The van der Waals surface area contributed by atoms with E-state index in [4.69, 9.17) is 37.0 Å². The Labute approximate surface area is 575 Å². The summed E-state index contributed by atoms with van der Waals surface area (Å²) in [5.41, 5.74) is 0. The van der Waals surface area contributed by atoms with E-state index < -0.39 is 97.5 Å². The third-order valence-corrected chi connectivity index (χ3v) is 19.4. The van der Waals surface area contributed by atoms with E-state index in [2.05, 4.69) is 34.6 Å². The molecule has 17 nitrogen and oxygen atoms in total. The molecule has 0 radical (unpaired) electrons. The molecule has 0 aromatic rings. The number of ether oxygens (including phenoxy) is 4. The number of hydrogen-bond acceptors (Lipinski definition) is 15. The minimum atomic E-state index is -4.95. The van der Waals surface area contributed by atoms with E-state index in [-0.39, 0.29) is 25.7 Å². The minimum Gasteiger partial charge on any atom is -0.462 e. The molecule has 19 heteroatoms. The van der Waals surface area contributed by atoms with Crippen molar-refractivity contribution in [3.8, 4) is 0 Å². The Bertz CT molecular complexity index is 1810. The van der Waals surface area contributed by atoms with Crippen LogP contribution < -0.4 is 0 Å². The molecule has 0 aromatic carbocycles. The Balaban J connectivity index is 5.12. The first-order valence-corrected chi connectivity index (χ1v) is 42.1. The molecule has 5 atom stereocenters. The number of phosphoric ester groups is 2. The fourth-order valence-corrected chi connectivity index (χ4v) is 13.1. The third kappa shape index (κ3) is 68.6. The van der Waals surface area contributed by atoms with Crippen LogP contribution in [0.5, 0.6) is 0 Å². The number of unbranched alkanes of at least 4 members (excludes halogenated alkanes) is 47. The maximum atomic E-state index is 13.1. The van der Waals surface area contributed by atoms with E-state index in [1.165, 1.54) is 212 Å². The zero-order valence-electron chi connectivity index (χ0n) is 61.1. The molecule has 0 aliphatic rings. The first-order chi connectivity index (χ1) is 45.5. The monoisotopic (exact) mass is 1380 g/mol. The van der Waals surface area contributed by atoms with Crippen molar-refractivity contribution in [3.63, 3.8) is 0 Å². The van der Waals surface area contributed by atoms with Gasteiger partial charge in [0.15, 0.2) is 12.2 Å². The second kappa shape index (κ2) is 68.2. The van der Waals surface area contributed by atoms with E-state index in [0.717, 1.165) is 102 Å². The van der Waals surface area contributed by atoms with E-state index >= 15 is 0 Å². The highest BCUT2D eigenvalue weighted by Crippen LogP contribution is 2.45. The second-order valence-corrected chi connectivity index (χ2v) is 30.4. The summed E-state index contributed by atoms with van der Waals surface area (Å²) >= 11 is 0. The Kier molecular flexibility index (Phi) is 66.8. The average Bonchev–Trinajstić information content (AvgIpc) is 1.71. The van der Waals surface area contributed by atoms with Crippen LogP contribution in [-0.2, 0) is 65.4 Å². The number of aliphatic hydroxyl groups excluding tert-OH is 1. The van der Waals surface area contributed by atoms with Gasteiger partial charge in [-0.05, 0) is 31.6 Å². The van der Waals surface area contributed by atoms with Gasteiger partial charge in [-0.1, -0.05) is 343 Å². The van der Waals surface area contributed by atoms with Gasteiger partial charge in [-0.3, -0.25) is 37.3 Å². The molecule has 0 rings (SSSR count). The van der Waals surface area contributed by atoms with Gasteiger partial charge >= 0.3 is 39.5 Å². The van der Waals surface area contributed by atoms with Crippen molar-refractivity contribution < 1.29 is 80.2 Å². The van der Waals surface area contributed by atoms with Gasteiger partial charge in [-0.2, -0.15) is 0 Å². The van der Waals surface area contributed by atoms with Crippen molar-refractivity contribution in [3.05, 3.63) is 0 Å². The molecular formula is C75H146O17P2. The third-order valence-electron chi connectivity index (χ3n) is 17.5. The van der Waals surface area contributed by atoms with Crippen LogP contribution >= 0.6 is 15.6 Å². The van der Waals surface area contributed by atoms with Gasteiger partial charge in [0, 0.05) is 25.7 Å². The average molecular weight is 1380 g/mol. The number of carbonyl (C=O) groups is 4. The summed E-state index contributed by atoms with van der Waals surface area (Å²) in [7, 11) is -9.90. The van der Waals surface area contributed by atoms with Crippen molar-refractivity contribution in [1.82, 2.24) is 0 Å². The van der Waals surface area contributed by atoms with E-state index in [1.807, 2.05) is 0 Å². The van der Waals surface area contributed by atoms with Gasteiger partial charge in [0.2, 0.25) is 0 Å². The molecule has 0 saturated heterocycles. The summed E-state index contributed by atoms with van der Waals surface area (Å²) < 4.78 is 68.3. The van der Waals surface area contributed by atoms with Crippen LogP contribution in [0.25, 0.3) is 0 Å².